The molecule has 4 saturated heterocycles. The Hall–Kier alpha value is -1.14. The van der Waals surface area contributed by atoms with Crippen LogP contribution in [0.2, 0.25) is 0 Å². The minimum absolute atomic E-state index is 0.0101. The molecule has 0 aromatic carbocycles. The Morgan fingerprint density at radius 2 is 0.906 bits per heavy atom. The molecular weight excluding hydrogens is 404 g/mol. The molecule has 4 rings (SSSR count). The number of nitrogens with zero attached hydrogens (tertiary/aromatic N) is 2. The van der Waals surface area contributed by atoms with Gasteiger partial charge in [0, 0.05) is 37.0 Å². The van der Waals surface area contributed by atoms with Crippen LogP contribution in [-0.2, 0) is 19.1 Å². The normalized spacial score (nSPS) is 34.6. The summed E-state index contributed by atoms with van der Waals surface area (Å²) in [5, 5.41) is 0. The van der Waals surface area contributed by atoms with Gasteiger partial charge in [-0.1, -0.05) is 25.7 Å². The zero-order valence-corrected chi connectivity index (χ0v) is 20.3. The molecule has 4 unspecified atom stereocenters. The summed E-state index contributed by atoms with van der Waals surface area (Å²) in [7, 11) is 4.42. The van der Waals surface area contributed by atoms with Crippen molar-refractivity contribution in [3.8, 4) is 0 Å². The first-order valence-corrected chi connectivity index (χ1v) is 13.3. The summed E-state index contributed by atoms with van der Waals surface area (Å²) in [5.74, 6) is -0.0203. The fourth-order valence-corrected chi connectivity index (χ4v) is 6.65. The second-order valence-corrected chi connectivity index (χ2v) is 10.9. The molecule has 4 bridgehead atoms. The first-order chi connectivity index (χ1) is 15.5. The van der Waals surface area contributed by atoms with E-state index in [1.807, 2.05) is 0 Å². The number of hydrogen-bond donors (Lipinski definition) is 0. The first-order valence-electron chi connectivity index (χ1n) is 13.3. The number of rotatable bonds is 11. The number of carbonyl (C=O) groups is 2. The molecule has 0 amide bonds. The van der Waals surface area contributed by atoms with Gasteiger partial charge in [-0.05, 0) is 78.3 Å². The van der Waals surface area contributed by atoms with E-state index < -0.39 is 0 Å². The lowest BCUT2D eigenvalue weighted by molar-refractivity contribution is -0.153. The predicted octanol–water partition coefficient (Wildman–Crippen LogP) is 4.44. The monoisotopic (exact) mass is 448 g/mol. The number of unbranched alkanes of at least 4 members (excludes halogenated alkanes) is 5. The summed E-state index contributed by atoms with van der Waals surface area (Å²) < 4.78 is 11.5. The van der Waals surface area contributed by atoms with Crippen LogP contribution in [0, 0.1) is 0 Å². The second kappa shape index (κ2) is 11.3. The number of carbonyl (C=O) groups excluding carboxylic acids is 2. The van der Waals surface area contributed by atoms with E-state index in [0.717, 1.165) is 64.2 Å². The molecule has 32 heavy (non-hydrogen) atoms. The van der Waals surface area contributed by atoms with E-state index in [-0.39, 0.29) is 24.1 Å². The van der Waals surface area contributed by atoms with E-state index >= 15 is 0 Å². The fraction of sp³-hybridized carbons (Fsp3) is 0.923. The zero-order chi connectivity index (χ0) is 22.5. The van der Waals surface area contributed by atoms with Gasteiger partial charge < -0.3 is 19.3 Å². The number of esters is 2. The van der Waals surface area contributed by atoms with E-state index in [2.05, 4.69) is 23.9 Å². The van der Waals surface area contributed by atoms with Crippen molar-refractivity contribution in [1.29, 1.82) is 0 Å². The maximum Gasteiger partial charge on any atom is 0.306 e. The number of piperidine rings is 2. The third-order valence-electron chi connectivity index (χ3n) is 8.72. The van der Waals surface area contributed by atoms with Crippen molar-refractivity contribution in [3.63, 3.8) is 0 Å². The highest BCUT2D eigenvalue weighted by Gasteiger charge is 2.40. The molecule has 0 aromatic heterocycles. The minimum Gasteiger partial charge on any atom is -0.462 e. The Morgan fingerprint density at radius 3 is 1.25 bits per heavy atom. The van der Waals surface area contributed by atoms with E-state index in [0.29, 0.717) is 37.0 Å². The molecule has 4 heterocycles. The standard InChI is InChI=1S/C26H44N2O4/c1-27-19-11-12-20(27)16-23(15-19)31-25(29)9-7-5-3-4-6-8-10-26(30)32-24-17-21-13-14-22(18-24)28(21)2/h19-24H,3-18H2,1-2H3. The van der Waals surface area contributed by atoms with Gasteiger partial charge in [-0.2, -0.15) is 0 Å². The Bertz CT molecular complexity index is 559. The van der Waals surface area contributed by atoms with Crippen molar-refractivity contribution in [3.05, 3.63) is 0 Å². The predicted molar refractivity (Wildman–Crippen MR) is 124 cm³/mol. The van der Waals surface area contributed by atoms with Crippen LogP contribution in [-0.4, -0.2) is 72.2 Å². The molecule has 4 atom stereocenters. The fourth-order valence-electron chi connectivity index (χ4n) is 6.65. The third-order valence-corrected chi connectivity index (χ3v) is 8.72. The summed E-state index contributed by atoms with van der Waals surface area (Å²) in [4.78, 5) is 29.3. The van der Waals surface area contributed by atoms with Gasteiger partial charge in [-0.3, -0.25) is 9.59 Å². The van der Waals surface area contributed by atoms with Crippen LogP contribution in [0.3, 0.4) is 0 Å². The van der Waals surface area contributed by atoms with Gasteiger partial charge in [-0.15, -0.1) is 0 Å². The van der Waals surface area contributed by atoms with Gasteiger partial charge in [0.15, 0.2) is 0 Å². The van der Waals surface area contributed by atoms with E-state index in [9.17, 15) is 9.59 Å². The molecule has 0 radical (unpaired) electrons. The van der Waals surface area contributed by atoms with Crippen molar-refractivity contribution >= 4 is 11.9 Å². The van der Waals surface area contributed by atoms with Crippen LogP contribution < -0.4 is 0 Å². The van der Waals surface area contributed by atoms with Crippen LogP contribution in [0.25, 0.3) is 0 Å². The highest BCUT2D eigenvalue weighted by molar-refractivity contribution is 5.69. The second-order valence-electron chi connectivity index (χ2n) is 10.9. The van der Waals surface area contributed by atoms with Gasteiger partial charge in [-0.25, -0.2) is 0 Å². The van der Waals surface area contributed by atoms with Gasteiger partial charge in [0.2, 0.25) is 0 Å². The molecule has 0 aromatic rings. The Morgan fingerprint density at radius 1 is 0.594 bits per heavy atom. The highest BCUT2D eigenvalue weighted by atomic mass is 16.5. The number of fused-ring (bicyclic) bond motifs is 4. The SMILES string of the molecule is CN1C2CCC1CC(OC(=O)CCCCCCCCC(=O)OC1CC3CCC(C1)N3C)C2. The summed E-state index contributed by atoms with van der Waals surface area (Å²) in [6.45, 7) is 0. The Balaban J connectivity index is 0.969. The molecule has 182 valence electrons. The highest BCUT2D eigenvalue weighted by Crippen LogP contribution is 2.36. The van der Waals surface area contributed by atoms with Crippen LogP contribution in [0.4, 0.5) is 0 Å². The molecule has 6 nitrogen and oxygen atoms in total. The molecule has 4 aliphatic rings. The van der Waals surface area contributed by atoms with Gasteiger partial charge in [0.25, 0.3) is 0 Å². The molecule has 0 aliphatic carbocycles. The van der Waals surface area contributed by atoms with Crippen molar-refractivity contribution < 1.29 is 19.1 Å². The molecule has 0 saturated carbocycles. The number of ether oxygens (including phenoxy) is 2. The maximum atomic E-state index is 12.2. The van der Waals surface area contributed by atoms with Crippen molar-refractivity contribution in [2.45, 2.75) is 139 Å². The summed E-state index contributed by atoms with van der Waals surface area (Å²) >= 11 is 0. The summed E-state index contributed by atoms with van der Waals surface area (Å²) in [6, 6.07) is 2.46. The van der Waals surface area contributed by atoms with E-state index in [1.165, 1.54) is 25.7 Å². The van der Waals surface area contributed by atoms with Crippen LogP contribution in [0.15, 0.2) is 0 Å². The lowest BCUT2D eigenvalue weighted by Gasteiger charge is -2.35. The van der Waals surface area contributed by atoms with Crippen molar-refractivity contribution in [2.75, 3.05) is 14.1 Å². The van der Waals surface area contributed by atoms with Gasteiger partial charge >= 0.3 is 11.9 Å². The summed E-state index contributed by atoms with van der Waals surface area (Å²) in [6.07, 6.45) is 16.7. The molecule has 6 heteroatoms. The lowest BCUT2D eigenvalue weighted by Crippen LogP contribution is -2.43. The largest absolute Gasteiger partial charge is 0.462 e. The van der Waals surface area contributed by atoms with Gasteiger partial charge in [0.1, 0.15) is 12.2 Å². The molecule has 4 aliphatic heterocycles. The topological polar surface area (TPSA) is 59.1 Å². The van der Waals surface area contributed by atoms with Crippen LogP contribution in [0.5, 0.6) is 0 Å². The van der Waals surface area contributed by atoms with Crippen molar-refractivity contribution in [1.82, 2.24) is 9.80 Å². The molecule has 0 N–H and O–H groups in total. The van der Waals surface area contributed by atoms with Crippen molar-refractivity contribution in [2.24, 2.45) is 0 Å². The average molecular weight is 449 g/mol. The molecule has 4 fully saturated rings. The minimum atomic E-state index is -0.0101. The van der Waals surface area contributed by atoms with E-state index in [1.54, 1.807) is 0 Å². The number of hydrogen-bond acceptors (Lipinski definition) is 6. The maximum absolute atomic E-state index is 12.2. The summed E-state index contributed by atoms with van der Waals surface area (Å²) in [5.41, 5.74) is 0. The smallest absolute Gasteiger partial charge is 0.306 e. The van der Waals surface area contributed by atoms with Crippen LogP contribution in [0.1, 0.15) is 103 Å². The Labute approximate surface area is 194 Å². The zero-order valence-electron chi connectivity index (χ0n) is 20.3. The molecular formula is C26H44N2O4. The lowest BCUT2D eigenvalue weighted by atomic mass is 10.0. The average Bonchev–Trinajstić information content (AvgIpc) is 3.09. The quantitative estimate of drug-likeness (QED) is 0.344. The van der Waals surface area contributed by atoms with Gasteiger partial charge in [0.05, 0.1) is 0 Å². The third kappa shape index (κ3) is 6.25. The molecule has 0 spiro atoms. The van der Waals surface area contributed by atoms with E-state index in [4.69, 9.17) is 9.47 Å². The van der Waals surface area contributed by atoms with Crippen LogP contribution >= 0.6 is 0 Å². The Kier molecular flexibility index (Phi) is 8.49. The first kappa shape index (κ1) is 24.0.